The van der Waals surface area contributed by atoms with Gasteiger partial charge in [0, 0.05) is 11.5 Å². The molecule has 150 valence electrons. The Kier molecular flexibility index (Phi) is 7.55. The van der Waals surface area contributed by atoms with Crippen LogP contribution in [0.3, 0.4) is 0 Å². The van der Waals surface area contributed by atoms with E-state index in [1.54, 1.807) is 31.2 Å². The fourth-order valence-electron chi connectivity index (χ4n) is 2.17. The van der Waals surface area contributed by atoms with Crippen LogP contribution in [-0.2, 0) is 14.8 Å². The molecule has 8 nitrogen and oxygen atoms in total. The van der Waals surface area contributed by atoms with E-state index < -0.39 is 22.5 Å². The predicted octanol–water partition coefficient (Wildman–Crippen LogP) is 2.32. The number of carbonyl (C=O) groups is 1. The maximum absolute atomic E-state index is 12.5. The van der Waals surface area contributed by atoms with Gasteiger partial charge in [-0.05, 0) is 55.0 Å². The standard InChI is InChI=1S/C18H20BrN3O5S/c1-3-27-17-10-13(4-9-16(17)23)11-20-21-18(24)12-22(2)28(25,26)15-7-5-14(19)6-8-15/h4-11,23H,3,12H2,1-2H3,(H,21,24)/b20-11+. The summed E-state index contributed by atoms with van der Waals surface area (Å²) in [7, 11) is -2.47. The quantitative estimate of drug-likeness (QED) is 0.455. The number of hydrazone groups is 1. The van der Waals surface area contributed by atoms with E-state index in [4.69, 9.17) is 4.74 Å². The van der Waals surface area contributed by atoms with Gasteiger partial charge in [-0.3, -0.25) is 4.79 Å². The van der Waals surface area contributed by atoms with Crippen LogP contribution in [0, 0.1) is 0 Å². The summed E-state index contributed by atoms with van der Waals surface area (Å²) in [4.78, 5) is 12.1. The summed E-state index contributed by atoms with van der Waals surface area (Å²) in [5.74, 6) is -0.288. The molecular formula is C18H20BrN3O5S. The van der Waals surface area contributed by atoms with E-state index in [0.29, 0.717) is 17.9 Å². The van der Waals surface area contributed by atoms with E-state index in [1.807, 2.05) is 0 Å². The zero-order valence-electron chi connectivity index (χ0n) is 15.3. The van der Waals surface area contributed by atoms with Crippen molar-refractivity contribution in [2.24, 2.45) is 5.10 Å². The molecule has 2 aromatic rings. The minimum Gasteiger partial charge on any atom is -0.504 e. The van der Waals surface area contributed by atoms with Crippen LogP contribution in [0.25, 0.3) is 0 Å². The van der Waals surface area contributed by atoms with Crippen LogP contribution in [0.4, 0.5) is 0 Å². The highest BCUT2D eigenvalue weighted by molar-refractivity contribution is 9.10. The molecule has 0 heterocycles. The van der Waals surface area contributed by atoms with Crippen LogP contribution >= 0.6 is 15.9 Å². The maximum Gasteiger partial charge on any atom is 0.255 e. The van der Waals surface area contributed by atoms with Gasteiger partial charge in [0.25, 0.3) is 5.91 Å². The molecule has 28 heavy (non-hydrogen) atoms. The summed E-state index contributed by atoms with van der Waals surface area (Å²) < 4.78 is 31.9. The minimum absolute atomic E-state index is 0.00260. The number of ether oxygens (including phenoxy) is 1. The zero-order chi connectivity index (χ0) is 20.7. The van der Waals surface area contributed by atoms with Gasteiger partial charge in [0.1, 0.15) is 0 Å². The van der Waals surface area contributed by atoms with Gasteiger partial charge in [0.2, 0.25) is 10.0 Å². The lowest BCUT2D eigenvalue weighted by molar-refractivity contribution is -0.121. The Balaban J connectivity index is 1.97. The molecular weight excluding hydrogens is 450 g/mol. The summed E-state index contributed by atoms with van der Waals surface area (Å²) in [5.41, 5.74) is 2.87. The molecule has 0 saturated heterocycles. The molecule has 0 aliphatic heterocycles. The highest BCUT2D eigenvalue weighted by Crippen LogP contribution is 2.26. The van der Waals surface area contributed by atoms with Crippen molar-refractivity contribution in [3.8, 4) is 11.5 Å². The van der Waals surface area contributed by atoms with Crippen molar-refractivity contribution in [3.63, 3.8) is 0 Å². The second-order valence-corrected chi connectivity index (χ2v) is 8.63. The molecule has 0 spiro atoms. The van der Waals surface area contributed by atoms with Crippen LogP contribution in [0.1, 0.15) is 12.5 Å². The van der Waals surface area contributed by atoms with Crippen LogP contribution < -0.4 is 10.2 Å². The van der Waals surface area contributed by atoms with Crippen molar-refractivity contribution in [3.05, 3.63) is 52.5 Å². The number of rotatable bonds is 8. The normalized spacial score (nSPS) is 11.7. The van der Waals surface area contributed by atoms with Crippen molar-refractivity contribution in [1.82, 2.24) is 9.73 Å². The summed E-state index contributed by atoms with van der Waals surface area (Å²) in [6.07, 6.45) is 1.36. The van der Waals surface area contributed by atoms with Crippen molar-refractivity contribution in [1.29, 1.82) is 0 Å². The Bertz CT molecular complexity index is 962. The number of phenols is 1. The summed E-state index contributed by atoms with van der Waals surface area (Å²) in [6, 6.07) is 10.7. The lowest BCUT2D eigenvalue weighted by atomic mass is 10.2. The molecule has 0 aliphatic carbocycles. The van der Waals surface area contributed by atoms with Gasteiger partial charge in [0.15, 0.2) is 11.5 Å². The average Bonchev–Trinajstić information content (AvgIpc) is 2.64. The summed E-state index contributed by atoms with van der Waals surface area (Å²) in [6.45, 7) is 1.79. The third-order valence-corrected chi connectivity index (χ3v) is 5.92. The van der Waals surface area contributed by atoms with Gasteiger partial charge in [-0.15, -0.1) is 0 Å². The number of phenolic OH excluding ortho intramolecular Hbond substituents is 1. The van der Waals surface area contributed by atoms with E-state index in [2.05, 4.69) is 26.5 Å². The molecule has 2 aromatic carbocycles. The van der Waals surface area contributed by atoms with Gasteiger partial charge >= 0.3 is 0 Å². The number of nitrogens with one attached hydrogen (secondary N) is 1. The monoisotopic (exact) mass is 469 g/mol. The van der Waals surface area contributed by atoms with Gasteiger partial charge in [-0.1, -0.05) is 15.9 Å². The number of benzene rings is 2. The van der Waals surface area contributed by atoms with Gasteiger partial charge in [0.05, 0.1) is 24.3 Å². The molecule has 0 bridgehead atoms. The predicted molar refractivity (Wildman–Crippen MR) is 109 cm³/mol. The lowest BCUT2D eigenvalue weighted by Crippen LogP contribution is -2.36. The van der Waals surface area contributed by atoms with Crippen molar-refractivity contribution >= 4 is 38.1 Å². The SMILES string of the molecule is CCOc1cc(/C=N/NC(=O)CN(C)S(=O)(=O)c2ccc(Br)cc2)ccc1O. The number of carbonyl (C=O) groups excluding carboxylic acids is 1. The van der Waals surface area contributed by atoms with E-state index in [9.17, 15) is 18.3 Å². The third-order valence-electron chi connectivity index (χ3n) is 3.57. The first-order valence-corrected chi connectivity index (χ1v) is 10.5. The number of halogens is 1. The summed E-state index contributed by atoms with van der Waals surface area (Å²) in [5, 5.41) is 13.5. The van der Waals surface area contributed by atoms with Crippen molar-refractivity contribution in [2.75, 3.05) is 20.2 Å². The van der Waals surface area contributed by atoms with Gasteiger partial charge in [-0.2, -0.15) is 9.41 Å². The highest BCUT2D eigenvalue weighted by Gasteiger charge is 2.22. The van der Waals surface area contributed by atoms with Crippen LogP contribution in [-0.4, -0.2) is 50.2 Å². The maximum atomic E-state index is 12.5. The number of likely N-dealkylation sites (N-methyl/N-ethyl adjacent to an activating group) is 1. The molecule has 0 fully saturated rings. The van der Waals surface area contributed by atoms with E-state index in [-0.39, 0.29) is 10.6 Å². The lowest BCUT2D eigenvalue weighted by Gasteiger charge is -2.16. The fourth-order valence-corrected chi connectivity index (χ4v) is 3.56. The Hall–Kier alpha value is -2.43. The fraction of sp³-hybridized carbons (Fsp3) is 0.222. The third kappa shape index (κ3) is 5.78. The molecule has 2 rings (SSSR count). The number of amides is 1. The van der Waals surface area contributed by atoms with Crippen LogP contribution in [0.2, 0.25) is 0 Å². The van der Waals surface area contributed by atoms with Gasteiger partial charge < -0.3 is 9.84 Å². The Labute approximate surface area is 172 Å². The first-order chi connectivity index (χ1) is 13.2. The molecule has 2 N–H and O–H groups in total. The van der Waals surface area contributed by atoms with Gasteiger partial charge in [-0.25, -0.2) is 13.8 Å². The molecule has 0 saturated carbocycles. The average molecular weight is 470 g/mol. The number of sulfonamides is 1. The Morgan fingerprint density at radius 1 is 1.29 bits per heavy atom. The molecule has 0 aliphatic rings. The molecule has 1 amide bonds. The van der Waals surface area contributed by atoms with E-state index >= 15 is 0 Å². The number of hydrogen-bond acceptors (Lipinski definition) is 6. The number of hydrogen-bond donors (Lipinski definition) is 2. The first-order valence-electron chi connectivity index (χ1n) is 8.23. The number of nitrogens with zero attached hydrogens (tertiary/aromatic N) is 2. The summed E-state index contributed by atoms with van der Waals surface area (Å²) >= 11 is 3.24. The van der Waals surface area contributed by atoms with E-state index in [0.717, 1.165) is 8.78 Å². The molecule has 0 unspecified atom stereocenters. The second-order valence-electron chi connectivity index (χ2n) is 5.67. The minimum atomic E-state index is -3.79. The largest absolute Gasteiger partial charge is 0.504 e. The number of aromatic hydroxyl groups is 1. The topological polar surface area (TPSA) is 108 Å². The smallest absolute Gasteiger partial charge is 0.255 e. The molecule has 10 heteroatoms. The van der Waals surface area contributed by atoms with E-state index in [1.165, 1.54) is 31.5 Å². The molecule has 0 aromatic heterocycles. The zero-order valence-corrected chi connectivity index (χ0v) is 17.7. The van der Waals surface area contributed by atoms with Crippen molar-refractivity contribution < 1.29 is 23.1 Å². The Morgan fingerprint density at radius 2 is 1.96 bits per heavy atom. The van der Waals surface area contributed by atoms with Crippen LogP contribution in [0.5, 0.6) is 11.5 Å². The first kappa shape index (κ1) is 21.9. The Morgan fingerprint density at radius 3 is 2.61 bits per heavy atom. The second kappa shape index (κ2) is 9.67. The highest BCUT2D eigenvalue weighted by atomic mass is 79.9. The molecule has 0 radical (unpaired) electrons. The van der Waals surface area contributed by atoms with Crippen molar-refractivity contribution in [2.45, 2.75) is 11.8 Å². The van der Waals surface area contributed by atoms with Crippen LogP contribution in [0.15, 0.2) is 56.9 Å². The molecule has 0 atom stereocenters.